The summed E-state index contributed by atoms with van der Waals surface area (Å²) in [5, 5.41) is 0. The fraction of sp³-hybridized carbons (Fsp3) is 0.375. The molecule has 0 fully saturated rings. The highest BCUT2D eigenvalue weighted by molar-refractivity contribution is 14.1. The molecule has 0 bridgehead atoms. The van der Waals surface area contributed by atoms with Gasteiger partial charge in [-0.3, -0.25) is 0 Å². The number of nitrogens with zero attached hydrogens (tertiary/aromatic N) is 1. The Hall–Kier alpha value is -0.360. The maximum Gasteiger partial charge on any atom is 0.213 e. The van der Waals surface area contributed by atoms with E-state index in [0.29, 0.717) is 19.1 Å². The van der Waals surface area contributed by atoms with Crippen molar-refractivity contribution in [2.24, 2.45) is 0 Å². The van der Waals surface area contributed by atoms with Crippen molar-refractivity contribution in [3.05, 3.63) is 21.9 Å². The smallest absolute Gasteiger partial charge is 0.213 e. The van der Waals surface area contributed by atoms with Crippen molar-refractivity contribution in [2.75, 3.05) is 20.3 Å². The standard InChI is InChI=1S/C8H10INO2/c1-11-4-5-12-8-3-2-7(9)6-10-8/h2-3,6H,4-5H2,1H3. The molecule has 0 amide bonds. The van der Waals surface area contributed by atoms with E-state index in [2.05, 4.69) is 27.6 Å². The van der Waals surface area contributed by atoms with Gasteiger partial charge in [-0.2, -0.15) is 0 Å². The zero-order valence-electron chi connectivity index (χ0n) is 6.79. The summed E-state index contributed by atoms with van der Waals surface area (Å²) in [6.45, 7) is 1.14. The van der Waals surface area contributed by atoms with E-state index in [0.717, 1.165) is 3.57 Å². The Kier molecular flexibility index (Phi) is 4.31. The van der Waals surface area contributed by atoms with Crippen LogP contribution in [0.15, 0.2) is 18.3 Å². The number of aromatic nitrogens is 1. The number of hydrogen-bond donors (Lipinski definition) is 0. The molecular formula is C8H10INO2. The molecule has 1 aromatic heterocycles. The molecular weight excluding hydrogens is 269 g/mol. The summed E-state index contributed by atoms with van der Waals surface area (Å²) in [4.78, 5) is 4.06. The molecule has 4 heteroatoms. The van der Waals surface area contributed by atoms with Crippen molar-refractivity contribution < 1.29 is 9.47 Å². The van der Waals surface area contributed by atoms with E-state index in [1.807, 2.05) is 12.1 Å². The Bertz CT molecular complexity index is 225. The zero-order valence-corrected chi connectivity index (χ0v) is 8.95. The number of methoxy groups -OCH3 is 1. The molecule has 0 aliphatic heterocycles. The molecule has 1 rings (SSSR count). The van der Waals surface area contributed by atoms with Crippen LogP contribution in [0.2, 0.25) is 0 Å². The molecule has 0 aliphatic carbocycles. The van der Waals surface area contributed by atoms with Crippen LogP contribution >= 0.6 is 22.6 Å². The normalized spacial score (nSPS) is 9.83. The molecule has 0 radical (unpaired) electrons. The van der Waals surface area contributed by atoms with Crippen molar-refractivity contribution in [2.45, 2.75) is 0 Å². The van der Waals surface area contributed by atoms with Gasteiger partial charge in [-0.25, -0.2) is 4.98 Å². The monoisotopic (exact) mass is 279 g/mol. The highest BCUT2D eigenvalue weighted by Gasteiger charge is 1.93. The van der Waals surface area contributed by atoms with Gasteiger partial charge in [0.05, 0.1) is 6.61 Å². The van der Waals surface area contributed by atoms with Gasteiger partial charge in [0.2, 0.25) is 5.88 Å². The number of hydrogen-bond acceptors (Lipinski definition) is 3. The van der Waals surface area contributed by atoms with Crippen LogP contribution < -0.4 is 4.74 Å². The van der Waals surface area contributed by atoms with Gasteiger partial charge in [0, 0.05) is 22.9 Å². The van der Waals surface area contributed by atoms with Crippen LogP contribution in [-0.4, -0.2) is 25.3 Å². The minimum absolute atomic E-state index is 0.546. The predicted molar refractivity (Wildman–Crippen MR) is 54.3 cm³/mol. The quantitative estimate of drug-likeness (QED) is 0.621. The van der Waals surface area contributed by atoms with E-state index in [-0.39, 0.29) is 0 Å². The van der Waals surface area contributed by atoms with Crippen molar-refractivity contribution in [1.82, 2.24) is 4.98 Å². The topological polar surface area (TPSA) is 31.4 Å². The van der Waals surface area contributed by atoms with Gasteiger partial charge in [-0.15, -0.1) is 0 Å². The molecule has 1 heterocycles. The van der Waals surface area contributed by atoms with Crippen molar-refractivity contribution in [3.63, 3.8) is 0 Å². The fourth-order valence-corrected chi connectivity index (χ4v) is 0.996. The van der Waals surface area contributed by atoms with Gasteiger partial charge >= 0.3 is 0 Å². The summed E-state index contributed by atoms with van der Waals surface area (Å²) in [7, 11) is 1.64. The largest absolute Gasteiger partial charge is 0.475 e. The van der Waals surface area contributed by atoms with E-state index < -0.39 is 0 Å². The third-order valence-corrected chi connectivity index (χ3v) is 1.88. The van der Waals surface area contributed by atoms with Crippen LogP contribution in [0.25, 0.3) is 0 Å². The van der Waals surface area contributed by atoms with E-state index in [1.54, 1.807) is 13.3 Å². The first-order valence-corrected chi connectivity index (χ1v) is 4.64. The number of halogens is 1. The van der Waals surface area contributed by atoms with Crippen LogP contribution in [0.5, 0.6) is 5.88 Å². The molecule has 0 atom stereocenters. The summed E-state index contributed by atoms with van der Waals surface area (Å²) < 4.78 is 11.2. The third-order valence-electron chi connectivity index (χ3n) is 1.24. The summed E-state index contributed by atoms with van der Waals surface area (Å²) in [5.74, 6) is 0.646. The van der Waals surface area contributed by atoms with Crippen LogP contribution in [0.3, 0.4) is 0 Å². The van der Waals surface area contributed by atoms with E-state index >= 15 is 0 Å². The second-order valence-corrected chi connectivity index (χ2v) is 3.40. The van der Waals surface area contributed by atoms with Gasteiger partial charge in [-0.05, 0) is 28.7 Å². The Balaban J connectivity index is 2.37. The number of pyridine rings is 1. The average molecular weight is 279 g/mol. The molecule has 0 aliphatic rings. The first kappa shape index (κ1) is 9.73. The van der Waals surface area contributed by atoms with Gasteiger partial charge in [0.1, 0.15) is 6.61 Å². The predicted octanol–water partition coefficient (Wildman–Crippen LogP) is 1.71. The lowest BCUT2D eigenvalue weighted by Crippen LogP contribution is -2.05. The van der Waals surface area contributed by atoms with Gasteiger partial charge in [-0.1, -0.05) is 0 Å². The molecule has 0 N–H and O–H groups in total. The van der Waals surface area contributed by atoms with Crippen molar-refractivity contribution in [3.8, 4) is 5.88 Å². The van der Waals surface area contributed by atoms with E-state index in [1.165, 1.54) is 0 Å². The maximum atomic E-state index is 5.26. The first-order valence-electron chi connectivity index (χ1n) is 3.56. The third kappa shape index (κ3) is 3.36. The van der Waals surface area contributed by atoms with Gasteiger partial charge in [0.25, 0.3) is 0 Å². The summed E-state index contributed by atoms with van der Waals surface area (Å²) in [6, 6.07) is 3.80. The Morgan fingerprint density at radius 2 is 2.25 bits per heavy atom. The highest BCUT2D eigenvalue weighted by Crippen LogP contribution is 2.08. The van der Waals surface area contributed by atoms with E-state index in [9.17, 15) is 0 Å². The molecule has 0 aromatic carbocycles. The Morgan fingerprint density at radius 3 is 2.83 bits per heavy atom. The number of ether oxygens (including phenoxy) is 2. The van der Waals surface area contributed by atoms with Crippen LogP contribution in [-0.2, 0) is 4.74 Å². The SMILES string of the molecule is COCCOc1ccc(I)cn1. The van der Waals surface area contributed by atoms with Crippen LogP contribution in [0.4, 0.5) is 0 Å². The second-order valence-electron chi connectivity index (χ2n) is 2.16. The minimum atomic E-state index is 0.546. The molecule has 3 nitrogen and oxygen atoms in total. The van der Waals surface area contributed by atoms with Gasteiger partial charge in [0.15, 0.2) is 0 Å². The fourth-order valence-electron chi connectivity index (χ4n) is 0.677. The molecule has 0 saturated heterocycles. The van der Waals surface area contributed by atoms with Gasteiger partial charge < -0.3 is 9.47 Å². The summed E-state index contributed by atoms with van der Waals surface area (Å²) in [5.41, 5.74) is 0. The molecule has 0 spiro atoms. The summed E-state index contributed by atoms with van der Waals surface area (Å²) in [6.07, 6.45) is 1.77. The Morgan fingerprint density at radius 1 is 1.42 bits per heavy atom. The molecule has 12 heavy (non-hydrogen) atoms. The van der Waals surface area contributed by atoms with E-state index in [4.69, 9.17) is 9.47 Å². The lowest BCUT2D eigenvalue weighted by Gasteiger charge is -2.03. The van der Waals surface area contributed by atoms with Crippen LogP contribution in [0.1, 0.15) is 0 Å². The molecule has 1 aromatic rings. The van der Waals surface area contributed by atoms with Crippen molar-refractivity contribution in [1.29, 1.82) is 0 Å². The Labute approximate surface area is 85.2 Å². The maximum absolute atomic E-state index is 5.26. The first-order chi connectivity index (χ1) is 5.83. The lowest BCUT2D eigenvalue weighted by molar-refractivity contribution is 0.143. The molecule has 66 valence electrons. The summed E-state index contributed by atoms with van der Waals surface area (Å²) >= 11 is 2.20. The highest BCUT2D eigenvalue weighted by atomic mass is 127. The minimum Gasteiger partial charge on any atom is -0.475 e. The number of rotatable bonds is 4. The van der Waals surface area contributed by atoms with Crippen molar-refractivity contribution >= 4 is 22.6 Å². The molecule has 0 unspecified atom stereocenters. The lowest BCUT2D eigenvalue weighted by atomic mass is 10.5. The molecule has 0 saturated carbocycles. The second kappa shape index (κ2) is 5.31. The average Bonchev–Trinajstić information content (AvgIpc) is 2.09. The zero-order chi connectivity index (χ0) is 8.81. The van der Waals surface area contributed by atoms with Crippen LogP contribution in [0, 0.1) is 3.57 Å².